The van der Waals surface area contributed by atoms with Gasteiger partial charge in [-0.05, 0) is 31.6 Å². The van der Waals surface area contributed by atoms with Gasteiger partial charge in [-0.2, -0.15) is 0 Å². The topological polar surface area (TPSA) is 3.24 Å². The summed E-state index contributed by atoms with van der Waals surface area (Å²) in [7, 11) is 0. The van der Waals surface area contributed by atoms with Crippen molar-refractivity contribution in [2.45, 2.75) is 52.0 Å². The first-order valence-corrected chi connectivity index (χ1v) is 6.65. The fourth-order valence-electron chi connectivity index (χ4n) is 2.34. The molecule has 1 saturated carbocycles. The normalized spacial score (nSPS) is 17.8. The molecule has 0 aromatic heterocycles. The first-order chi connectivity index (χ1) is 6.81. The SMILES string of the molecule is CCC(CC)N(CCCl)CC1CCC1. The average molecular weight is 218 g/mol. The number of nitrogens with zero attached hydrogens (tertiary/aromatic N) is 1. The first kappa shape index (κ1) is 12.3. The number of hydrogen-bond donors (Lipinski definition) is 0. The molecule has 0 bridgehead atoms. The molecule has 0 saturated heterocycles. The van der Waals surface area contributed by atoms with Crippen LogP contribution in [0.5, 0.6) is 0 Å². The molecule has 84 valence electrons. The fourth-order valence-corrected chi connectivity index (χ4v) is 2.56. The summed E-state index contributed by atoms with van der Waals surface area (Å²) in [5.41, 5.74) is 0. The van der Waals surface area contributed by atoms with Gasteiger partial charge >= 0.3 is 0 Å². The van der Waals surface area contributed by atoms with Crippen LogP contribution in [0.4, 0.5) is 0 Å². The number of halogens is 1. The highest BCUT2D eigenvalue weighted by Gasteiger charge is 2.23. The molecule has 1 aliphatic carbocycles. The van der Waals surface area contributed by atoms with E-state index in [1.807, 2.05) is 0 Å². The molecule has 1 aliphatic rings. The lowest BCUT2D eigenvalue weighted by Crippen LogP contribution is -2.41. The van der Waals surface area contributed by atoms with Crippen LogP contribution in [-0.2, 0) is 0 Å². The molecule has 0 N–H and O–H groups in total. The minimum atomic E-state index is 0.759. The number of alkyl halides is 1. The fraction of sp³-hybridized carbons (Fsp3) is 1.00. The Morgan fingerprint density at radius 1 is 1.29 bits per heavy atom. The Morgan fingerprint density at radius 3 is 2.29 bits per heavy atom. The van der Waals surface area contributed by atoms with Gasteiger partial charge in [0.25, 0.3) is 0 Å². The molecule has 2 heteroatoms. The quantitative estimate of drug-likeness (QED) is 0.590. The van der Waals surface area contributed by atoms with Gasteiger partial charge in [0.1, 0.15) is 0 Å². The Morgan fingerprint density at radius 2 is 1.93 bits per heavy atom. The smallest absolute Gasteiger partial charge is 0.0351 e. The molecule has 0 aromatic rings. The second-order valence-corrected chi connectivity index (χ2v) is 4.83. The highest BCUT2D eigenvalue weighted by Crippen LogP contribution is 2.28. The predicted molar refractivity (Wildman–Crippen MR) is 64.0 cm³/mol. The first-order valence-electron chi connectivity index (χ1n) is 6.11. The van der Waals surface area contributed by atoms with Crippen LogP contribution in [0, 0.1) is 5.92 Å². The molecule has 0 radical (unpaired) electrons. The van der Waals surface area contributed by atoms with Gasteiger partial charge in [0.05, 0.1) is 0 Å². The Kier molecular flexibility index (Phi) is 5.88. The summed E-state index contributed by atoms with van der Waals surface area (Å²) in [5.74, 6) is 1.75. The monoisotopic (exact) mass is 217 g/mol. The lowest BCUT2D eigenvalue weighted by Gasteiger charge is -2.36. The molecule has 0 spiro atoms. The molecule has 0 aliphatic heterocycles. The van der Waals surface area contributed by atoms with E-state index in [-0.39, 0.29) is 0 Å². The van der Waals surface area contributed by atoms with Crippen molar-refractivity contribution < 1.29 is 0 Å². The molecule has 0 unspecified atom stereocenters. The lowest BCUT2D eigenvalue weighted by atomic mass is 9.84. The highest BCUT2D eigenvalue weighted by molar-refractivity contribution is 6.18. The maximum Gasteiger partial charge on any atom is 0.0351 e. The van der Waals surface area contributed by atoms with E-state index in [4.69, 9.17) is 11.6 Å². The molecule has 1 fully saturated rings. The second-order valence-electron chi connectivity index (χ2n) is 4.45. The third kappa shape index (κ3) is 3.43. The van der Waals surface area contributed by atoms with Crippen LogP contribution >= 0.6 is 11.6 Å². The zero-order chi connectivity index (χ0) is 10.4. The van der Waals surface area contributed by atoms with Gasteiger partial charge in [-0.15, -0.1) is 11.6 Å². The van der Waals surface area contributed by atoms with E-state index in [0.717, 1.165) is 24.4 Å². The van der Waals surface area contributed by atoms with Crippen LogP contribution < -0.4 is 0 Å². The van der Waals surface area contributed by atoms with E-state index in [2.05, 4.69) is 18.7 Å². The summed E-state index contributed by atoms with van der Waals surface area (Å²) < 4.78 is 0. The van der Waals surface area contributed by atoms with E-state index in [1.54, 1.807) is 0 Å². The van der Waals surface area contributed by atoms with Crippen molar-refractivity contribution in [3.63, 3.8) is 0 Å². The van der Waals surface area contributed by atoms with E-state index in [0.29, 0.717) is 0 Å². The molecule has 0 amide bonds. The summed E-state index contributed by atoms with van der Waals surface area (Å²) in [5, 5.41) is 0. The van der Waals surface area contributed by atoms with Crippen LogP contribution in [-0.4, -0.2) is 29.9 Å². The Bertz CT molecular complexity index is 141. The third-order valence-electron chi connectivity index (χ3n) is 3.55. The summed E-state index contributed by atoms with van der Waals surface area (Å²) in [6, 6.07) is 0.759. The van der Waals surface area contributed by atoms with Crippen LogP contribution in [0.1, 0.15) is 46.0 Å². The summed E-state index contributed by atoms with van der Waals surface area (Å²) in [6.07, 6.45) is 6.86. The number of hydrogen-bond acceptors (Lipinski definition) is 1. The highest BCUT2D eigenvalue weighted by atomic mass is 35.5. The van der Waals surface area contributed by atoms with Gasteiger partial charge in [-0.3, -0.25) is 4.90 Å². The molecule has 0 aromatic carbocycles. The molecule has 0 atom stereocenters. The van der Waals surface area contributed by atoms with Gasteiger partial charge in [-0.1, -0.05) is 20.3 Å². The molecule has 1 rings (SSSR count). The van der Waals surface area contributed by atoms with E-state index < -0.39 is 0 Å². The van der Waals surface area contributed by atoms with E-state index in [9.17, 15) is 0 Å². The number of rotatable bonds is 7. The average Bonchev–Trinajstić information content (AvgIpc) is 2.13. The van der Waals surface area contributed by atoms with Gasteiger partial charge in [0.2, 0.25) is 0 Å². The van der Waals surface area contributed by atoms with Crippen LogP contribution in [0.25, 0.3) is 0 Å². The van der Waals surface area contributed by atoms with Crippen molar-refractivity contribution in [2.24, 2.45) is 5.92 Å². The standard InChI is InChI=1S/C12H24ClN/c1-3-12(4-2)14(9-8-13)10-11-6-5-7-11/h11-12H,3-10H2,1-2H3. The van der Waals surface area contributed by atoms with Gasteiger partial charge in [-0.25, -0.2) is 0 Å². The Labute approximate surface area is 93.8 Å². The predicted octanol–water partition coefficient (Wildman–Crippen LogP) is 3.52. The summed E-state index contributed by atoms with van der Waals surface area (Å²) in [6.45, 7) is 6.94. The molecular weight excluding hydrogens is 194 g/mol. The second kappa shape index (κ2) is 6.68. The van der Waals surface area contributed by atoms with E-state index >= 15 is 0 Å². The van der Waals surface area contributed by atoms with Crippen LogP contribution in [0.3, 0.4) is 0 Å². The van der Waals surface area contributed by atoms with Gasteiger partial charge in [0.15, 0.2) is 0 Å². The Hall–Kier alpha value is 0.250. The largest absolute Gasteiger partial charge is 0.299 e. The summed E-state index contributed by atoms with van der Waals surface area (Å²) in [4.78, 5) is 2.61. The summed E-state index contributed by atoms with van der Waals surface area (Å²) >= 11 is 5.86. The van der Waals surface area contributed by atoms with Crippen molar-refractivity contribution >= 4 is 11.6 Å². The zero-order valence-electron chi connectivity index (χ0n) is 9.64. The maximum atomic E-state index is 5.86. The van der Waals surface area contributed by atoms with Crippen molar-refractivity contribution in [1.29, 1.82) is 0 Å². The molecular formula is C12H24ClN. The minimum Gasteiger partial charge on any atom is -0.299 e. The minimum absolute atomic E-state index is 0.759. The molecule has 14 heavy (non-hydrogen) atoms. The third-order valence-corrected chi connectivity index (χ3v) is 3.72. The van der Waals surface area contributed by atoms with Gasteiger partial charge in [0, 0.05) is 25.0 Å². The van der Waals surface area contributed by atoms with E-state index in [1.165, 1.54) is 38.6 Å². The van der Waals surface area contributed by atoms with Crippen molar-refractivity contribution in [3.8, 4) is 0 Å². The van der Waals surface area contributed by atoms with Crippen molar-refractivity contribution in [1.82, 2.24) is 4.90 Å². The Balaban J connectivity index is 2.34. The zero-order valence-corrected chi connectivity index (χ0v) is 10.4. The molecule has 0 heterocycles. The van der Waals surface area contributed by atoms with Crippen LogP contribution in [0.15, 0.2) is 0 Å². The maximum absolute atomic E-state index is 5.86. The lowest BCUT2D eigenvalue weighted by molar-refractivity contribution is 0.133. The molecule has 1 nitrogen and oxygen atoms in total. The van der Waals surface area contributed by atoms with Crippen molar-refractivity contribution in [3.05, 3.63) is 0 Å². The van der Waals surface area contributed by atoms with Crippen molar-refractivity contribution in [2.75, 3.05) is 19.0 Å². The van der Waals surface area contributed by atoms with Crippen LogP contribution in [0.2, 0.25) is 0 Å². The van der Waals surface area contributed by atoms with Gasteiger partial charge < -0.3 is 0 Å².